The molecule has 1 N–H and O–H groups in total. The number of carbonyl (C=O) groups is 1. The minimum atomic E-state index is -0.871. The second-order valence-corrected chi connectivity index (χ2v) is 4.87. The highest BCUT2D eigenvalue weighted by molar-refractivity contribution is 9.10. The predicted octanol–water partition coefficient (Wildman–Crippen LogP) is 3.90. The molecule has 0 spiro atoms. The molecule has 1 heterocycles. The Hall–Kier alpha value is -1.29. The molecule has 0 saturated carbocycles. The summed E-state index contributed by atoms with van der Waals surface area (Å²) >= 11 is 3.49. The van der Waals surface area contributed by atoms with E-state index in [1.165, 1.54) is 0 Å². The Morgan fingerprint density at radius 2 is 2.24 bits per heavy atom. The third kappa shape index (κ3) is 2.22. The first-order valence-corrected chi connectivity index (χ1v) is 6.45. The number of para-hydroxylation sites is 1. The molecule has 0 fully saturated rings. The summed E-state index contributed by atoms with van der Waals surface area (Å²) in [6.45, 7) is 2.84. The molecule has 0 aliphatic rings. The molecule has 0 saturated heterocycles. The van der Waals surface area contributed by atoms with E-state index in [1.54, 1.807) is 6.07 Å². The minimum Gasteiger partial charge on any atom is -0.477 e. The fourth-order valence-corrected chi connectivity index (χ4v) is 2.60. The van der Waals surface area contributed by atoms with Gasteiger partial charge in [0.1, 0.15) is 5.69 Å². The lowest BCUT2D eigenvalue weighted by Gasteiger charge is -2.08. The van der Waals surface area contributed by atoms with Gasteiger partial charge in [-0.05, 0) is 34.5 Å². The van der Waals surface area contributed by atoms with Crippen LogP contribution >= 0.6 is 15.9 Å². The van der Waals surface area contributed by atoms with Gasteiger partial charge in [0.2, 0.25) is 0 Å². The van der Waals surface area contributed by atoms with Crippen molar-refractivity contribution in [3.05, 3.63) is 34.4 Å². The van der Waals surface area contributed by atoms with Gasteiger partial charge in [0.15, 0.2) is 0 Å². The molecule has 0 amide bonds. The molecule has 4 heteroatoms. The van der Waals surface area contributed by atoms with E-state index in [0.717, 1.165) is 34.8 Å². The van der Waals surface area contributed by atoms with Crippen molar-refractivity contribution in [2.24, 2.45) is 0 Å². The molecule has 1 aromatic heterocycles. The van der Waals surface area contributed by atoms with Crippen molar-refractivity contribution in [3.8, 4) is 0 Å². The molecule has 17 heavy (non-hydrogen) atoms. The van der Waals surface area contributed by atoms with Crippen LogP contribution in [-0.4, -0.2) is 15.6 Å². The topological polar surface area (TPSA) is 42.2 Å². The van der Waals surface area contributed by atoms with Crippen molar-refractivity contribution in [2.75, 3.05) is 0 Å². The Morgan fingerprint density at radius 1 is 1.47 bits per heavy atom. The zero-order valence-electron chi connectivity index (χ0n) is 9.61. The standard InChI is InChI=1S/C13H14BrNO2/c1-2-3-7-15-11(13(16)17)8-9-5-4-6-10(14)12(9)15/h4-6,8H,2-3,7H2,1H3,(H,16,17). The van der Waals surface area contributed by atoms with Crippen molar-refractivity contribution in [3.63, 3.8) is 0 Å². The molecule has 90 valence electrons. The Labute approximate surface area is 108 Å². The maximum atomic E-state index is 11.2. The largest absolute Gasteiger partial charge is 0.477 e. The average Bonchev–Trinajstić information content (AvgIpc) is 2.66. The van der Waals surface area contributed by atoms with Gasteiger partial charge in [-0.3, -0.25) is 0 Å². The molecule has 2 rings (SSSR count). The molecule has 0 bridgehead atoms. The summed E-state index contributed by atoms with van der Waals surface area (Å²) in [6, 6.07) is 7.53. The summed E-state index contributed by atoms with van der Waals surface area (Å²) in [7, 11) is 0. The summed E-state index contributed by atoms with van der Waals surface area (Å²) in [5.41, 5.74) is 1.33. The number of unbranched alkanes of at least 4 members (excludes halogenated alkanes) is 1. The molecule has 3 nitrogen and oxygen atoms in total. The van der Waals surface area contributed by atoms with Crippen LogP contribution in [0.25, 0.3) is 10.9 Å². The third-order valence-corrected chi connectivity index (χ3v) is 3.47. The maximum absolute atomic E-state index is 11.2. The van der Waals surface area contributed by atoms with Crippen LogP contribution in [0.1, 0.15) is 30.3 Å². The highest BCUT2D eigenvalue weighted by atomic mass is 79.9. The molecule has 0 aliphatic heterocycles. The van der Waals surface area contributed by atoms with E-state index < -0.39 is 5.97 Å². The number of aromatic carboxylic acids is 1. The number of fused-ring (bicyclic) bond motifs is 1. The Bertz CT molecular complexity index is 560. The van der Waals surface area contributed by atoms with Gasteiger partial charge >= 0.3 is 5.97 Å². The number of benzene rings is 1. The van der Waals surface area contributed by atoms with Crippen LogP contribution in [0.4, 0.5) is 0 Å². The van der Waals surface area contributed by atoms with Crippen LogP contribution in [0.5, 0.6) is 0 Å². The molecular weight excluding hydrogens is 282 g/mol. The molecular formula is C13H14BrNO2. The van der Waals surface area contributed by atoms with Crippen LogP contribution in [-0.2, 0) is 6.54 Å². The second kappa shape index (κ2) is 4.92. The SMILES string of the molecule is CCCCn1c(C(=O)O)cc2cccc(Br)c21. The number of rotatable bonds is 4. The van der Waals surface area contributed by atoms with Crippen LogP contribution in [0, 0.1) is 0 Å². The molecule has 0 aliphatic carbocycles. The fourth-order valence-electron chi connectivity index (χ4n) is 2.00. The zero-order valence-corrected chi connectivity index (χ0v) is 11.2. The minimum absolute atomic E-state index is 0.361. The van der Waals surface area contributed by atoms with Gasteiger partial charge in [0, 0.05) is 16.4 Å². The Balaban J connectivity index is 2.64. The van der Waals surface area contributed by atoms with Gasteiger partial charge in [-0.25, -0.2) is 4.79 Å². The molecule has 0 unspecified atom stereocenters. The molecule has 1 aromatic carbocycles. The Kier molecular flexibility index (Phi) is 3.52. The second-order valence-electron chi connectivity index (χ2n) is 4.02. The number of carboxylic acids is 1. The maximum Gasteiger partial charge on any atom is 0.352 e. The number of carboxylic acid groups (broad SMARTS) is 1. The van der Waals surface area contributed by atoms with Crippen molar-refractivity contribution < 1.29 is 9.90 Å². The van der Waals surface area contributed by atoms with Crippen LogP contribution < -0.4 is 0 Å². The summed E-state index contributed by atoms with van der Waals surface area (Å²) in [4.78, 5) is 11.2. The van der Waals surface area contributed by atoms with Gasteiger partial charge in [0.25, 0.3) is 0 Å². The monoisotopic (exact) mass is 295 g/mol. The van der Waals surface area contributed by atoms with Crippen molar-refractivity contribution in [2.45, 2.75) is 26.3 Å². The number of aryl methyl sites for hydroxylation is 1. The predicted molar refractivity (Wildman–Crippen MR) is 71.5 cm³/mol. The number of hydrogen-bond donors (Lipinski definition) is 1. The lowest BCUT2D eigenvalue weighted by atomic mass is 10.2. The van der Waals surface area contributed by atoms with Gasteiger partial charge < -0.3 is 9.67 Å². The van der Waals surface area contributed by atoms with E-state index in [4.69, 9.17) is 0 Å². The molecule has 2 aromatic rings. The first-order valence-electron chi connectivity index (χ1n) is 5.66. The summed E-state index contributed by atoms with van der Waals surface area (Å²) in [6.07, 6.45) is 2.02. The van der Waals surface area contributed by atoms with Gasteiger partial charge in [-0.2, -0.15) is 0 Å². The lowest BCUT2D eigenvalue weighted by molar-refractivity contribution is 0.0685. The normalized spacial score (nSPS) is 10.9. The van der Waals surface area contributed by atoms with Crippen molar-refractivity contribution >= 4 is 32.8 Å². The number of halogens is 1. The third-order valence-electron chi connectivity index (χ3n) is 2.83. The van der Waals surface area contributed by atoms with Crippen LogP contribution in [0.2, 0.25) is 0 Å². The summed E-state index contributed by atoms with van der Waals surface area (Å²) in [5, 5.41) is 10.2. The average molecular weight is 296 g/mol. The quantitative estimate of drug-likeness (QED) is 0.929. The highest BCUT2D eigenvalue weighted by Gasteiger charge is 2.15. The van der Waals surface area contributed by atoms with E-state index in [-0.39, 0.29) is 0 Å². The van der Waals surface area contributed by atoms with Crippen molar-refractivity contribution in [1.82, 2.24) is 4.57 Å². The zero-order chi connectivity index (χ0) is 12.4. The number of aromatic nitrogens is 1. The fraction of sp³-hybridized carbons (Fsp3) is 0.308. The molecule has 0 radical (unpaired) electrons. The van der Waals surface area contributed by atoms with Crippen molar-refractivity contribution in [1.29, 1.82) is 0 Å². The summed E-state index contributed by atoms with van der Waals surface area (Å²) in [5.74, 6) is -0.871. The smallest absolute Gasteiger partial charge is 0.352 e. The van der Waals surface area contributed by atoms with E-state index in [1.807, 2.05) is 22.8 Å². The van der Waals surface area contributed by atoms with Gasteiger partial charge in [0.05, 0.1) is 5.52 Å². The molecule has 0 atom stereocenters. The first kappa shape index (κ1) is 12.2. The highest BCUT2D eigenvalue weighted by Crippen LogP contribution is 2.27. The Morgan fingerprint density at radius 3 is 2.88 bits per heavy atom. The first-order chi connectivity index (χ1) is 8.15. The van der Waals surface area contributed by atoms with Crippen LogP contribution in [0.15, 0.2) is 28.7 Å². The van der Waals surface area contributed by atoms with E-state index in [9.17, 15) is 9.90 Å². The van der Waals surface area contributed by atoms with Gasteiger partial charge in [-0.15, -0.1) is 0 Å². The van der Waals surface area contributed by atoms with E-state index in [0.29, 0.717) is 5.69 Å². The summed E-state index contributed by atoms with van der Waals surface area (Å²) < 4.78 is 2.82. The van der Waals surface area contributed by atoms with Gasteiger partial charge in [-0.1, -0.05) is 25.5 Å². The van der Waals surface area contributed by atoms with E-state index in [2.05, 4.69) is 22.9 Å². The van der Waals surface area contributed by atoms with E-state index >= 15 is 0 Å². The lowest BCUT2D eigenvalue weighted by Crippen LogP contribution is -2.08. The number of nitrogens with zero attached hydrogens (tertiary/aromatic N) is 1. The van der Waals surface area contributed by atoms with Crippen LogP contribution in [0.3, 0.4) is 0 Å². The number of hydrogen-bond acceptors (Lipinski definition) is 1.